The number of amides is 1. The molecule has 0 aromatic carbocycles. The Morgan fingerprint density at radius 1 is 1.26 bits per heavy atom. The standard InChI is InChI=1S/C15H29N3O/c1-4-5-14(19)18-10-8-17(9-11-18)13-6-7-16-12-15(13,2)3/h13,16H,4-12H2,1-3H3. The molecule has 19 heavy (non-hydrogen) atoms. The lowest BCUT2D eigenvalue weighted by Crippen LogP contribution is -2.59. The Morgan fingerprint density at radius 3 is 2.53 bits per heavy atom. The van der Waals surface area contributed by atoms with E-state index in [1.165, 1.54) is 6.42 Å². The summed E-state index contributed by atoms with van der Waals surface area (Å²) >= 11 is 0. The highest BCUT2D eigenvalue weighted by Gasteiger charge is 2.37. The van der Waals surface area contributed by atoms with Crippen LogP contribution in [0.5, 0.6) is 0 Å². The van der Waals surface area contributed by atoms with Gasteiger partial charge in [-0.1, -0.05) is 20.8 Å². The van der Waals surface area contributed by atoms with E-state index >= 15 is 0 Å². The van der Waals surface area contributed by atoms with E-state index < -0.39 is 0 Å². The molecule has 0 bridgehead atoms. The topological polar surface area (TPSA) is 35.6 Å². The Morgan fingerprint density at radius 2 is 1.95 bits per heavy atom. The molecule has 1 unspecified atom stereocenters. The van der Waals surface area contributed by atoms with Crippen LogP contribution in [0.2, 0.25) is 0 Å². The van der Waals surface area contributed by atoms with Crippen LogP contribution in [0.3, 0.4) is 0 Å². The van der Waals surface area contributed by atoms with E-state index in [1.54, 1.807) is 0 Å². The van der Waals surface area contributed by atoms with Gasteiger partial charge in [-0.05, 0) is 24.8 Å². The maximum absolute atomic E-state index is 11.9. The molecule has 2 fully saturated rings. The zero-order chi connectivity index (χ0) is 13.9. The highest BCUT2D eigenvalue weighted by molar-refractivity contribution is 5.76. The van der Waals surface area contributed by atoms with Crippen molar-refractivity contribution in [1.82, 2.24) is 15.1 Å². The summed E-state index contributed by atoms with van der Waals surface area (Å²) < 4.78 is 0. The number of rotatable bonds is 3. The summed E-state index contributed by atoms with van der Waals surface area (Å²) in [4.78, 5) is 16.6. The third-order valence-corrected chi connectivity index (χ3v) is 4.65. The van der Waals surface area contributed by atoms with Crippen molar-refractivity contribution in [3.63, 3.8) is 0 Å². The lowest BCUT2D eigenvalue weighted by molar-refractivity contribution is -0.133. The van der Waals surface area contributed by atoms with Gasteiger partial charge < -0.3 is 10.2 Å². The van der Waals surface area contributed by atoms with Crippen molar-refractivity contribution >= 4 is 5.91 Å². The second-order valence-corrected chi connectivity index (χ2v) is 6.64. The van der Waals surface area contributed by atoms with E-state index in [4.69, 9.17) is 0 Å². The van der Waals surface area contributed by atoms with Gasteiger partial charge in [0.05, 0.1) is 0 Å². The smallest absolute Gasteiger partial charge is 0.222 e. The fraction of sp³-hybridized carbons (Fsp3) is 0.933. The van der Waals surface area contributed by atoms with E-state index in [0.29, 0.717) is 23.8 Å². The molecule has 110 valence electrons. The average molecular weight is 267 g/mol. The minimum Gasteiger partial charge on any atom is -0.340 e. The molecule has 0 aromatic rings. The largest absolute Gasteiger partial charge is 0.340 e. The van der Waals surface area contributed by atoms with Crippen LogP contribution in [0.25, 0.3) is 0 Å². The molecule has 0 aromatic heterocycles. The summed E-state index contributed by atoms with van der Waals surface area (Å²) in [5.41, 5.74) is 0.341. The SMILES string of the molecule is CCCC(=O)N1CCN(C2CCNCC2(C)C)CC1. The molecule has 1 N–H and O–H groups in total. The molecule has 2 saturated heterocycles. The van der Waals surface area contributed by atoms with Crippen molar-refractivity contribution in [2.75, 3.05) is 39.3 Å². The molecule has 4 heteroatoms. The molecule has 1 atom stereocenters. The number of hydrogen-bond donors (Lipinski definition) is 1. The van der Waals surface area contributed by atoms with Crippen molar-refractivity contribution < 1.29 is 4.79 Å². The first-order valence-electron chi connectivity index (χ1n) is 7.77. The summed E-state index contributed by atoms with van der Waals surface area (Å²) in [7, 11) is 0. The molecule has 0 aliphatic carbocycles. The molecule has 4 nitrogen and oxygen atoms in total. The van der Waals surface area contributed by atoms with Gasteiger partial charge in [0.2, 0.25) is 5.91 Å². The van der Waals surface area contributed by atoms with Gasteiger partial charge >= 0.3 is 0 Å². The number of piperidine rings is 1. The van der Waals surface area contributed by atoms with E-state index in [9.17, 15) is 4.79 Å². The van der Waals surface area contributed by atoms with Crippen LogP contribution >= 0.6 is 0 Å². The Kier molecular flexibility index (Phi) is 4.85. The second kappa shape index (κ2) is 6.23. The predicted octanol–water partition coefficient (Wildman–Crippen LogP) is 1.32. The monoisotopic (exact) mass is 267 g/mol. The van der Waals surface area contributed by atoms with Crippen molar-refractivity contribution in [2.24, 2.45) is 5.41 Å². The Labute approximate surface area is 117 Å². The molecule has 0 radical (unpaired) electrons. The van der Waals surface area contributed by atoms with Crippen LogP contribution in [0.15, 0.2) is 0 Å². The Bertz CT molecular complexity index is 309. The fourth-order valence-corrected chi connectivity index (χ4v) is 3.49. The minimum absolute atomic E-state index is 0.340. The maximum atomic E-state index is 11.9. The van der Waals surface area contributed by atoms with Gasteiger partial charge in [0.15, 0.2) is 0 Å². The number of carbonyl (C=O) groups excluding carboxylic acids is 1. The number of nitrogens with zero attached hydrogens (tertiary/aromatic N) is 2. The zero-order valence-electron chi connectivity index (χ0n) is 12.7. The van der Waals surface area contributed by atoms with Crippen LogP contribution in [-0.2, 0) is 4.79 Å². The first-order chi connectivity index (χ1) is 9.04. The van der Waals surface area contributed by atoms with Crippen molar-refractivity contribution in [3.05, 3.63) is 0 Å². The molecule has 0 spiro atoms. The van der Waals surface area contributed by atoms with Crippen molar-refractivity contribution in [2.45, 2.75) is 46.1 Å². The molecule has 2 aliphatic rings. The van der Waals surface area contributed by atoms with E-state index in [2.05, 4.69) is 31.0 Å². The van der Waals surface area contributed by atoms with E-state index in [0.717, 1.165) is 45.7 Å². The molecule has 2 rings (SSSR count). The van der Waals surface area contributed by atoms with Gasteiger partial charge in [0.1, 0.15) is 0 Å². The van der Waals surface area contributed by atoms with Crippen LogP contribution < -0.4 is 5.32 Å². The van der Waals surface area contributed by atoms with Crippen LogP contribution in [0.4, 0.5) is 0 Å². The molecule has 1 amide bonds. The number of nitrogens with one attached hydrogen (secondary N) is 1. The van der Waals surface area contributed by atoms with Gasteiger partial charge in [-0.3, -0.25) is 9.69 Å². The van der Waals surface area contributed by atoms with Crippen molar-refractivity contribution in [1.29, 1.82) is 0 Å². The summed E-state index contributed by atoms with van der Waals surface area (Å²) in [6.45, 7) is 12.9. The van der Waals surface area contributed by atoms with Crippen LogP contribution in [-0.4, -0.2) is 61.0 Å². The second-order valence-electron chi connectivity index (χ2n) is 6.64. The Balaban J connectivity index is 1.87. The summed E-state index contributed by atoms with van der Waals surface area (Å²) in [6, 6.07) is 0.664. The summed E-state index contributed by atoms with van der Waals surface area (Å²) in [6.07, 6.45) is 2.90. The first kappa shape index (κ1) is 14.8. The van der Waals surface area contributed by atoms with Gasteiger partial charge in [-0.15, -0.1) is 0 Å². The highest BCUT2D eigenvalue weighted by Crippen LogP contribution is 2.30. The molecule has 2 heterocycles. The van der Waals surface area contributed by atoms with E-state index in [-0.39, 0.29) is 0 Å². The number of piperazine rings is 1. The molecular weight excluding hydrogens is 238 g/mol. The molecular formula is C15H29N3O. The molecule has 0 saturated carbocycles. The minimum atomic E-state index is 0.340. The molecule has 2 aliphatic heterocycles. The number of carbonyl (C=O) groups is 1. The van der Waals surface area contributed by atoms with Crippen LogP contribution in [0.1, 0.15) is 40.0 Å². The Hall–Kier alpha value is -0.610. The fourth-order valence-electron chi connectivity index (χ4n) is 3.49. The van der Waals surface area contributed by atoms with Crippen LogP contribution in [0, 0.1) is 5.41 Å². The van der Waals surface area contributed by atoms with Gasteiger partial charge in [-0.25, -0.2) is 0 Å². The van der Waals surface area contributed by atoms with Gasteiger partial charge in [0.25, 0.3) is 0 Å². The van der Waals surface area contributed by atoms with Crippen molar-refractivity contribution in [3.8, 4) is 0 Å². The highest BCUT2D eigenvalue weighted by atomic mass is 16.2. The normalized spacial score (nSPS) is 28.4. The average Bonchev–Trinajstić information content (AvgIpc) is 2.39. The van der Waals surface area contributed by atoms with Gasteiger partial charge in [-0.2, -0.15) is 0 Å². The first-order valence-corrected chi connectivity index (χ1v) is 7.77. The van der Waals surface area contributed by atoms with Gasteiger partial charge in [0, 0.05) is 45.2 Å². The predicted molar refractivity (Wildman–Crippen MR) is 78.1 cm³/mol. The number of hydrogen-bond acceptors (Lipinski definition) is 3. The lowest BCUT2D eigenvalue weighted by Gasteiger charge is -2.48. The lowest BCUT2D eigenvalue weighted by atomic mass is 9.79. The van der Waals surface area contributed by atoms with E-state index in [1.807, 2.05) is 4.90 Å². The summed E-state index contributed by atoms with van der Waals surface area (Å²) in [5, 5.41) is 3.50. The quantitative estimate of drug-likeness (QED) is 0.838. The zero-order valence-corrected chi connectivity index (χ0v) is 12.7. The maximum Gasteiger partial charge on any atom is 0.222 e. The summed E-state index contributed by atoms with van der Waals surface area (Å²) in [5.74, 6) is 0.340. The third kappa shape index (κ3) is 3.48. The third-order valence-electron chi connectivity index (χ3n) is 4.65.